The van der Waals surface area contributed by atoms with Crippen molar-refractivity contribution in [1.29, 1.82) is 0 Å². The van der Waals surface area contributed by atoms with Crippen LogP contribution in [-0.2, 0) is 19.1 Å². The van der Waals surface area contributed by atoms with Crippen LogP contribution in [0.2, 0.25) is 0 Å². The molecule has 0 aliphatic carbocycles. The van der Waals surface area contributed by atoms with Crippen LogP contribution < -0.4 is 5.32 Å². The van der Waals surface area contributed by atoms with Crippen molar-refractivity contribution in [3.05, 3.63) is 35.6 Å². The van der Waals surface area contributed by atoms with Crippen LogP contribution >= 0.6 is 0 Å². The van der Waals surface area contributed by atoms with Gasteiger partial charge in [0, 0.05) is 21.1 Å². The molecule has 1 aliphatic heterocycles. The number of carbonyl (C=O) groups is 3. The van der Waals surface area contributed by atoms with E-state index in [4.69, 9.17) is 4.74 Å². The predicted octanol–water partition coefficient (Wildman–Crippen LogP) is -0.0716. The Kier molecular flexibility index (Phi) is 5.50. The van der Waals surface area contributed by atoms with Gasteiger partial charge in [0.25, 0.3) is 5.91 Å². The molecule has 1 fully saturated rings. The zero-order chi connectivity index (χ0) is 17.9. The minimum Gasteiger partial charge on any atom is -0.356 e. The van der Waals surface area contributed by atoms with Crippen molar-refractivity contribution in [2.75, 3.05) is 34.3 Å². The van der Waals surface area contributed by atoms with Crippen LogP contribution in [0.5, 0.6) is 0 Å². The second-order valence-corrected chi connectivity index (χ2v) is 5.74. The van der Waals surface area contributed by atoms with Gasteiger partial charge in [-0.15, -0.1) is 0 Å². The lowest BCUT2D eigenvalue weighted by molar-refractivity contribution is -0.162. The molecule has 0 unspecified atom stereocenters. The van der Waals surface area contributed by atoms with Crippen molar-refractivity contribution in [2.45, 2.75) is 12.1 Å². The third kappa shape index (κ3) is 3.88. The monoisotopic (exact) mass is 337 g/mol. The molecule has 8 heteroatoms. The van der Waals surface area contributed by atoms with E-state index in [9.17, 15) is 18.8 Å². The fourth-order valence-corrected chi connectivity index (χ4v) is 2.41. The van der Waals surface area contributed by atoms with Gasteiger partial charge in [-0.25, -0.2) is 4.39 Å². The normalized spacial score (nSPS) is 20.7. The van der Waals surface area contributed by atoms with Gasteiger partial charge in [0.05, 0.1) is 12.6 Å². The molecule has 1 saturated heterocycles. The highest BCUT2D eigenvalue weighted by atomic mass is 19.1. The fraction of sp³-hybridized carbons (Fsp3) is 0.438. The number of nitrogens with zero attached hydrogens (tertiary/aromatic N) is 2. The van der Waals surface area contributed by atoms with Crippen molar-refractivity contribution in [3.8, 4) is 0 Å². The van der Waals surface area contributed by atoms with Crippen LogP contribution in [0.3, 0.4) is 0 Å². The van der Waals surface area contributed by atoms with Crippen LogP contribution in [0, 0.1) is 5.82 Å². The first-order chi connectivity index (χ1) is 11.3. The molecule has 0 spiro atoms. The molecule has 1 aromatic carbocycles. The Morgan fingerprint density at radius 1 is 1.33 bits per heavy atom. The molecule has 24 heavy (non-hydrogen) atoms. The predicted molar refractivity (Wildman–Crippen MR) is 83.4 cm³/mol. The van der Waals surface area contributed by atoms with Crippen LogP contribution in [0.15, 0.2) is 24.3 Å². The molecule has 1 aromatic rings. The van der Waals surface area contributed by atoms with Crippen molar-refractivity contribution < 1.29 is 23.5 Å². The summed E-state index contributed by atoms with van der Waals surface area (Å²) in [6.07, 6.45) is -0.979. The Balaban J connectivity index is 2.18. The zero-order valence-corrected chi connectivity index (χ0v) is 13.8. The molecular weight excluding hydrogens is 317 g/mol. The van der Waals surface area contributed by atoms with Gasteiger partial charge < -0.3 is 19.9 Å². The average Bonchev–Trinajstić information content (AvgIpc) is 2.55. The van der Waals surface area contributed by atoms with Crippen molar-refractivity contribution in [2.24, 2.45) is 0 Å². The Labute approximate surface area is 139 Å². The maximum Gasteiger partial charge on any atom is 0.252 e. The highest BCUT2D eigenvalue weighted by Gasteiger charge is 2.40. The van der Waals surface area contributed by atoms with Gasteiger partial charge >= 0.3 is 0 Å². The molecule has 2 rings (SSSR count). The SMILES string of the molecule is CN(C)C(=O)CNC(=O)[C@@H]1OCC(=O)N(C)[C@H]1c1ccc(F)cc1. The summed E-state index contributed by atoms with van der Waals surface area (Å²) in [7, 11) is 4.73. The highest BCUT2D eigenvalue weighted by molar-refractivity contribution is 5.89. The molecule has 130 valence electrons. The summed E-state index contributed by atoms with van der Waals surface area (Å²) in [5.41, 5.74) is 0.575. The summed E-state index contributed by atoms with van der Waals surface area (Å²) in [5.74, 6) is -1.46. The van der Waals surface area contributed by atoms with E-state index in [2.05, 4.69) is 5.32 Å². The van der Waals surface area contributed by atoms with Gasteiger partial charge in [0.2, 0.25) is 11.8 Å². The standard InChI is InChI=1S/C16H20FN3O4/c1-19(2)12(21)8-18-16(23)15-14(20(3)13(22)9-24-15)10-4-6-11(17)7-5-10/h4-7,14-15H,8-9H2,1-3H3,(H,18,23)/t14-,15+/m0/s1. The minimum atomic E-state index is -0.979. The summed E-state index contributed by atoms with van der Waals surface area (Å²) in [4.78, 5) is 38.7. The number of likely N-dealkylation sites (N-methyl/N-ethyl adjacent to an activating group) is 2. The van der Waals surface area contributed by atoms with Crippen LogP contribution in [0.1, 0.15) is 11.6 Å². The molecule has 0 aromatic heterocycles. The highest BCUT2D eigenvalue weighted by Crippen LogP contribution is 2.29. The lowest BCUT2D eigenvalue weighted by atomic mass is 9.97. The van der Waals surface area contributed by atoms with E-state index in [0.717, 1.165) is 0 Å². The number of hydrogen-bond donors (Lipinski definition) is 1. The first-order valence-electron chi connectivity index (χ1n) is 7.42. The number of benzene rings is 1. The Morgan fingerprint density at radius 3 is 2.54 bits per heavy atom. The summed E-state index contributed by atoms with van der Waals surface area (Å²) in [6.45, 7) is -0.395. The number of carbonyl (C=O) groups excluding carboxylic acids is 3. The average molecular weight is 337 g/mol. The molecule has 7 nitrogen and oxygen atoms in total. The second-order valence-electron chi connectivity index (χ2n) is 5.74. The van der Waals surface area contributed by atoms with Crippen molar-refractivity contribution in [1.82, 2.24) is 15.1 Å². The lowest BCUT2D eigenvalue weighted by Crippen LogP contribution is -2.53. The molecule has 2 atom stereocenters. The van der Waals surface area contributed by atoms with Gasteiger partial charge in [-0.3, -0.25) is 14.4 Å². The first kappa shape index (κ1) is 17.9. The molecule has 1 N–H and O–H groups in total. The van der Waals surface area contributed by atoms with E-state index >= 15 is 0 Å². The maximum atomic E-state index is 13.1. The van der Waals surface area contributed by atoms with Crippen LogP contribution in [-0.4, -0.2) is 67.9 Å². The van der Waals surface area contributed by atoms with Gasteiger partial charge in [0.15, 0.2) is 6.10 Å². The van der Waals surface area contributed by atoms with Gasteiger partial charge in [-0.05, 0) is 17.7 Å². The molecule has 0 radical (unpaired) electrons. The van der Waals surface area contributed by atoms with Gasteiger partial charge in [0.1, 0.15) is 12.4 Å². The summed E-state index contributed by atoms with van der Waals surface area (Å²) in [6, 6.07) is 4.83. The number of nitrogens with one attached hydrogen (secondary N) is 1. The molecule has 3 amide bonds. The van der Waals surface area contributed by atoms with E-state index in [1.165, 1.54) is 34.1 Å². The smallest absolute Gasteiger partial charge is 0.252 e. The third-order valence-corrected chi connectivity index (χ3v) is 3.87. The van der Waals surface area contributed by atoms with E-state index in [1.54, 1.807) is 21.1 Å². The van der Waals surface area contributed by atoms with Crippen LogP contribution in [0.4, 0.5) is 4.39 Å². The van der Waals surface area contributed by atoms with Gasteiger partial charge in [-0.1, -0.05) is 12.1 Å². The van der Waals surface area contributed by atoms with E-state index in [-0.39, 0.29) is 25.0 Å². The Morgan fingerprint density at radius 2 is 1.96 bits per heavy atom. The van der Waals surface area contributed by atoms with E-state index in [1.807, 2.05) is 0 Å². The number of hydrogen-bond acceptors (Lipinski definition) is 4. The molecule has 1 heterocycles. The van der Waals surface area contributed by atoms with E-state index < -0.39 is 23.9 Å². The minimum absolute atomic E-state index is 0.167. The number of ether oxygens (including phenoxy) is 1. The molecular formula is C16H20FN3O4. The first-order valence-corrected chi connectivity index (χ1v) is 7.42. The number of rotatable bonds is 4. The molecule has 0 saturated carbocycles. The topological polar surface area (TPSA) is 79.0 Å². The Bertz CT molecular complexity index is 633. The molecule has 0 bridgehead atoms. The summed E-state index contributed by atoms with van der Waals surface area (Å²) >= 11 is 0. The summed E-state index contributed by atoms with van der Waals surface area (Å²) < 4.78 is 18.5. The largest absolute Gasteiger partial charge is 0.356 e. The van der Waals surface area contributed by atoms with Gasteiger partial charge in [-0.2, -0.15) is 0 Å². The van der Waals surface area contributed by atoms with E-state index in [0.29, 0.717) is 5.56 Å². The molecule has 1 aliphatic rings. The maximum absolute atomic E-state index is 13.1. The van der Waals surface area contributed by atoms with Crippen molar-refractivity contribution in [3.63, 3.8) is 0 Å². The zero-order valence-electron chi connectivity index (χ0n) is 13.8. The third-order valence-electron chi connectivity index (χ3n) is 3.87. The number of halogens is 1. The lowest BCUT2D eigenvalue weighted by Gasteiger charge is -2.38. The summed E-state index contributed by atoms with van der Waals surface area (Å²) in [5, 5.41) is 2.51. The Hall–Kier alpha value is -2.48. The van der Waals surface area contributed by atoms with Crippen molar-refractivity contribution >= 4 is 17.7 Å². The fourth-order valence-electron chi connectivity index (χ4n) is 2.41. The number of amides is 3. The quantitative estimate of drug-likeness (QED) is 0.834. The second kappa shape index (κ2) is 7.39. The van der Waals surface area contributed by atoms with Crippen LogP contribution in [0.25, 0.3) is 0 Å². The number of morpholine rings is 1.